The third kappa shape index (κ3) is 4.31. The highest BCUT2D eigenvalue weighted by molar-refractivity contribution is 5.29. The molecule has 22 heavy (non-hydrogen) atoms. The van der Waals surface area contributed by atoms with Crippen molar-refractivity contribution in [2.24, 2.45) is 0 Å². The molecule has 1 heterocycles. The summed E-state index contributed by atoms with van der Waals surface area (Å²) >= 11 is 0. The number of aromatic nitrogens is 2. The summed E-state index contributed by atoms with van der Waals surface area (Å²) in [6, 6.07) is 6.27. The van der Waals surface area contributed by atoms with Crippen LogP contribution in [-0.2, 0) is 6.18 Å². The molecule has 0 unspecified atom stereocenters. The number of alkyl halides is 3. The number of benzene rings is 1. The summed E-state index contributed by atoms with van der Waals surface area (Å²) in [6.45, 7) is 0.473. The first-order chi connectivity index (χ1) is 10.4. The van der Waals surface area contributed by atoms with Crippen molar-refractivity contribution in [1.82, 2.24) is 9.97 Å². The van der Waals surface area contributed by atoms with Crippen LogP contribution in [-0.4, -0.2) is 30.2 Å². The predicted octanol–water partition coefficient (Wildman–Crippen LogP) is 3.15. The van der Waals surface area contributed by atoms with Gasteiger partial charge in [-0.3, -0.25) is 0 Å². The Labute approximate surface area is 124 Å². The lowest BCUT2D eigenvalue weighted by molar-refractivity contribution is -0.141. The topological polar surface area (TPSA) is 38.2 Å². The summed E-state index contributed by atoms with van der Waals surface area (Å²) in [7, 11) is 1.56. The summed E-state index contributed by atoms with van der Waals surface area (Å²) in [5.41, 5.74) is -0.996. The van der Waals surface area contributed by atoms with Crippen molar-refractivity contribution < 1.29 is 22.3 Å². The van der Waals surface area contributed by atoms with Crippen molar-refractivity contribution in [3.63, 3.8) is 0 Å². The third-order valence-electron chi connectivity index (χ3n) is 2.78. The normalized spacial score (nSPS) is 11.3. The summed E-state index contributed by atoms with van der Waals surface area (Å²) in [5, 5.41) is 0. The predicted molar refractivity (Wildman–Crippen MR) is 72.2 cm³/mol. The lowest BCUT2D eigenvalue weighted by Gasteiger charge is -2.18. The zero-order chi connectivity index (χ0) is 16.2. The molecule has 0 aliphatic carbocycles. The molecule has 0 bridgehead atoms. The van der Waals surface area contributed by atoms with Crippen LogP contribution >= 0.6 is 0 Å². The van der Waals surface area contributed by atoms with Crippen LogP contribution in [0, 0.1) is 5.82 Å². The number of rotatable bonds is 5. The summed E-state index contributed by atoms with van der Waals surface area (Å²) in [5.74, 6) is 0.0547. The minimum absolute atomic E-state index is 0.0440. The summed E-state index contributed by atoms with van der Waals surface area (Å²) in [6.07, 6.45) is -3.45. The number of nitrogens with zero attached hydrogens (tertiary/aromatic N) is 3. The lowest BCUT2D eigenvalue weighted by Crippen LogP contribution is -2.26. The second-order valence-electron chi connectivity index (χ2n) is 4.46. The average molecular weight is 315 g/mol. The quantitative estimate of drug-likeness (QED) is 0.795. The fourth-order valence-corrected chi connectivity index (χ4v) is 1.62. The Hall–Kier alpha value is -2.38. The van der Waals surface area contributed by atoms with Gasteiger partial charge in [-0.15, -0.1) is 0 Å². The first-order valence-electron chi connectivity index (χ1n) is 6.36. The second-order valence-corrected chi connectivity index (χ2v) is 4.46. The highest BCUT2D eigenvalue weighted by Crippen LogP contribution is 2.27. The van der Waals surface area contributed by atoms with Gasteiger partial charge in [-0.05, 0) is 30.3 Å². The van der Waals surface area contributed by atoms with Crippen LogP contribution < -0.4 is 9.64 Å². The van der Waals surface area contributed by atoms with Gasteiger partial charge in [-0.25, -0.2) is 14.4 Å². The van der Waals surface area contributed by atoms with E-state index in [0.717, 1.165) is 12.3 Å². The molecule has 0 amide bonds. The molecule has 118 valence electrons. The van der Waals surface area contributed by atoms with Gasteiger partial charge in [0.2, 0.25) is 5.95 Å². The first-order valence-corrected chi connectivity index (χ1v) is 6.36. The van der Waals surface area contributed by atoms with Crippen molar-refractivity contribution in [2.75, 3.05) is 25.1 Å². The van der Waals surface area contributed by atoms with Gasteiger partial charge in [0.25, 0.3) is 0 Å². The second kappa shape index (κ2) is 6.59. The Morgan fingerprint density at radius 1 is 1.14 bits per heavy atom. The molecule has 0 aliphatic rings. The Morgan fingerprint density at radius 3 is 2.45 bits per heavy atom. The fraction of sp³-hybridized carbons (Fsp3) is 0.286. The van der Waals surface area contributed by atoms with E-state index in [0.29, 0.717) is 5.75 Å². The maximum absolute atomic E-state index is 12.7. The molecule has 0 N–H and O–H groups in total. The van der Waals surface area contributed by atoms with E-state index in [4.69, 9.17) is 4.74 Å². The van der Waals surface area contributed by atoms with E-state index in [2.05, 4.69) is 9.97 Å². The maximum Gasteiger partial charge on any atom is 0.433 e. The van der Waals surface area contributed by atoms with Crippen LogP contribution in [0.5, 0.6) is 5.75 Å². The van der Waals surface area contributed by atoms with E-state index in [9.17, 15) is 17.6 Å². The number of ether oxygens (including phenoxy) is 1. The molecule has 2 aromatic rings. The maximum atomic E-state index is 12.7. The minimum atomic E-state index is -4.51. The van der Waals surface area contributed by atoms with Gasteiger partial charge in [0.05, 0.1) is 6.54 Å². The average Bonchev–Trinajstić information content (AvgIpc) is 2.48. The first kappa shape index (κ1) is 16.0. The van der Waals surface area contributed by atoms with E-state index in [1.54, 1.807) is 7.05 Å². The summed E-state index contributed by atoms with van der Waals surface area (Å²) in [4.78, 5) is 8.71. The molecule has 1 aromatic carbocycles. The van der Waals surface area contributed by atoms with E-state index >= 15 is 0 Å². The van der Waals surface area contributed by atoms with Crippen molar-refractivity contribution in [3.05, 3.63) is 48.0 Å². The van der Waals surface area contributed by atoms with Gasteiger partial charge in [0.15, 0.2) is 0 Å². The van der Waals surface area contributed by atoms with Crippen molar-refractivity contribution in [2.45, 2.75) is 6.18 Å². The molecule has 1 aromatic heterocycles. The van der Waals surface area contributed by atoms with E-state index in [1.807, 2.05) is 0 Å². The highest BCUT2D eigenvalue weighted by Gasteiger charge is 2.33. The Bertz CT molecular complexity index is 616. The number of halogens is 4. The molecule has 0 saturated carbocycles. The van der Waals surface area contributed by atoms with Crippen LogP contribution in [0.3, 0.4) is 0 Å². The zero-order valence-corrected chi connectivity index (χ0v) is 11.6. The highest BCUT2D eigenvalue weighted by atomic mass is 19.4. The van der Waals surface area contributed by atoms with Crippen molar-refractivity contribution in [3.8, 4) is 5.75 Å². The number of hydrogen-bond acceptors (Lipinski definition) is 4. The standard InChI is InChI=1S/C14H13F4N3O/c1-21(8-9-22-11-4-2-10(15)3-5-11)13-19-7-6-12(20-13)14(16,17)18/h2-7H,8-9H2,1H3. The molecule has 0 aliphatic heterocycles. The van der Waals surface area contributed by atoms with Crippen LogP contribution in [0.25, 0.3) is 0 Å². The SMILES string of the molecule is CN(CCOc1ccc(F)cc1)c1nccc(C(F)(F)F)n1. The van der Waals surface area contributed by atoms with Gasteiger partial charge in [0, 0.05) is 13.2 Å². The molecule has 0 radical (unpaired) electrons. The lowest BCUT2D eigenvalue weighted by atomic mass is 10.3. The van der Waals surface area contributed by atoms with Gasteiger partial charge >= 0.3 is 6.18 Å². The molecule has 0 saturated heterocycles. The van der Waals surface area contributed by atoms with E-state index in [-0.39, 0.29) is 24.9 Å². The zero-order valence-electron chi connectivity index (χ0n) is 11.6. The van der Waals surface area contributed by atoms with Gasteiger partial charge in [-0.1, -0.05) is 0 Å². The van der Waals surface area contributed by atoms with Crippen LogP contribution in [0.1, 0.15) is 5.69 Å². The van der Waals surface area contributed by atoms with Crippen LogP contribution in [0.4, 0.5) is 23.5 Å². The number of hydrogen-bond donors (Lipinski definition) is 0. The van der Waals surface area contributed by atoms with Crippen molar-refractivity contribution in [1.29, 1.82) is 0 Å². The van der Waals surface area contributed by atoms with Gasteiger partial charge < -0.3 is 9.64 Å². The molecular weight excluding hydrogens is 302 g/mol. The largest absolute Gasteiger partial charge is 0.492 e. The smallest absolute Gasteiger partial charge is 0.433 e. The minimum Gasteiger partial charge on any atom is -0.492 e. The Balaban J connectivity index is 1.92. The van der Waals surface area contributed by atoms with Crippen LogP contribution in [0.15, 0.2) is 36.5 Å². The molecule has 0 atom stereocenters. The molecule has 4 nitrogen and oxygen atoms in total. The third-order valence-corrected chi connectivity index (χ3v) is 2.78. The Morgan fingerprint density at radius 2 is 1.82 bits per heavy atom. The fourth-order valence-electron chi connectivity index (χ4n) is 1.62. The van der Waals surface area contributed by atoms with Crippen molar-refractivity contribution >= 4 is 5.95 Å². The molecule has 8 heteroatoms. The van der Waals surface area contributed by atoms with Gasteiger partial charge in [0.1, 0.15) is 23.9 Å². The summed E-state index contributed by atoms with van der Waals surface area (Å²) < 4.78 is 55.8. The molecular formula is C14H13F4N3O. The molecule has 0 spiro atoms. The number of likely N-dealkylation sites (N-methyl/N-ethyl adjacent to an activating group) is 1. The van der Waals surface area contributed by atoms with E-state index < -0.39 is 11.9 Å². The molecule has 0 fully saturated rings. The van der Waals surface area contributed by atoms with Gasteiger partial charge in [-0.2, -0.15) is 13.2 Å². The van der Waals surface area contributed by atoms with E-state index in [1.165, 1.54) is 29.2 Å². The van der Waals surface area contributed by atoms with Crippen LogP contribution in [0.2, 0.25) is 0 Å². The number of anilines is 1. The molecule has 2 rings (SSSR count). The monoisotopic (exact) mass is 315 g/mol. The Kier molecular flexibility index (Phi) is 4.79.